The van der Waals surface area contributed by atoms with Gasteiger partial charge in [-0.15, -0.1) is 0 Å². The standard InChI is InChI=1S/C14H21N3O2S/c1-10(2)17(8-7-13(15)20)14(18)16-11-5-4-6-12(9-11)19-3/h4-6,9-10H,7-8H2,1-3H3,(H2,15,20)(H,16,18). The van der Waals surface area contributed by atoms with Gasteiger partial charge in [0.2, 0.25) is 0 Å². The molecule has 1 aromatic carbocycles. The maximum atomic E-state index is 12.3. The average molecular weight is 295 g/mol. The Kier molecular flexibility index (Phi) is 6.24. The number of amides is 2. The second kappa shape index (κ2) is 7.69. The summed E-state index contributed by atoms with van der Waals surface area (Å²) in [6.07, 6.45) is 0.513. The Morgan fingerprint density at radius 1 is 1.50 bits per heavy atom. The molecule has 3 N–H and O–H groups in total. The summed E-state index contributed by atoms with van der Waals surface area (Å²) in [6.45, 7) is 4.40. The van der Waals surface area contributed by atoms with Crippen molar-refractivity contribution in [1.29, 1.82) is 0 Å². The lowest BCUT2D eigenvalue weighted by Crippen LogP contribution is -2.41. The van der Waals surface area contributed by atoms with Crippen molar-refractivity contribution in [3.8, 4) is 5.75 Å². The van der Waals surface area contributed by atoms with E-state index in [0.29, 0.717) is 29.4 Å². The molecule has 0 fully saturated rings. The first-order chi connectivity index (χ1) is 9.43. The Morgan fingerprint density at radius 2 is 2.20 bits per heavy atom. The van der Waals surface area contributed by atoms with Gasteiger partial charge in [0.25, 0.3) is 0 Å². The van der Waals surface area contributed by atoms with E-state index in [1.807, 2.05) is 32.0 Å². The first kappa shape index (κ1) is 16.2. The summed E-state index contributed by atoms with van der Waals surface area (Å²) in [5.41, 5.74) is 6.18. The third kappa shape index (κ3) is 5.05. The third-order valence-electron chi connectivity index (χ3n) is 2.80. The van der Waals surface area contributed by atoms with E-state index in [9.17, 15) is 4.79 Å². The van der Waals surface area contributed by atoms with Crippen molar-refractivity contribution >= 4 is 28.9 Å². The van der Waals surface area contributed by atoms with Gasteiger partial charge in [0.05, 0.1) is 12.1 Å². The zero-order valence-electron chi connectivity index (χ0n) is 12.1. The van der Waals surface area contributed by atoms with Gasteiger partial charge in [0.15, 0.2) is 0 Å². The van der Waals surface area contributed by atoms with Crippen molar-refractivity contribution in [3.05, 3.63) is 24.3 Å². The van der Waals surface area contributed by atoms with Crippen LogP contribution in [0.3, 0.4) is 0 Å². The van der Waals surface area contributed by atoms with Gasteiger partial charge in [-0.25, -0.2) is 4.79 Å². The van der Waals surface area contributed by atoms with Crippen LogP contribution in [0.15, 0.2) is 24.3 Å². The van der Waals surface area contributed by atoms with Crippen LogP contribution in [-0.2, 0) is 0 Å². The number of ether oxygens (including phenoxy) is 1. The number of nitrogens with zero attached hydrogens (tertiary/aromatic N) is 1. The largest absolute Gasteiger partial charge is 0.497 e. The lowest BCUT2D eigenvalue weighted by Gasteiger charge is -2.26. The second-order valence-electron chi connectivity index (χ2n) is 4.67. The van der Waals surface area contributed by atoms with Crippen molar-refractivity contribution in [1.82, 2.24) is 4.90 Å². The molecule has 5 nitrogen and oxygen atoms in total. The minimum atomic E-state index is -0.176. The van der Waals surface area contributed by atoms with E-state index < -0.39 is 0 Å². The molecule has 110 valence electrons. The molecule has 1 aromatic rings. The molecule has 0 saturated heterocycles. The van der Waals surface area contributed by atoms with Gasteiger partial charge in [-0.2, -0.15) is 0 Å². The molecule has 0 aliphatic heterocycles. The van der Waals surface area contributed by atoms with Crippen LogP contribution in [-0.4, -0.2) is 35.6 Å². The van der Waals surface area contributed by atoms with Crippen LogP contribution in [0.2, 0.25) is 0 Å². The fourth-order valence-corrected chi connectivity index (χ4v) is 1.81. The van der Waals surface area contributed by atoms with E-state index in [2.05, 4.69) is 5.32 Å². The summed E-state index contributed by atoms with van der Waals surface area (Å²) >= 11 is 4.85. The monoisotopic (exact) mass is 295 g/mol. The molecule has 0 aliphatic rings. The number of rotatable bonds is 6. The van der Waals surface area contributed by atoms with E-state index in [4.69, 9.17) is 22.7 Å². The highest BCUT2D eigenvalue weighted by Gasteiger charge is 2.17. The number of carbonyl (C=O) groups excluding carboxylic acids is 1. The summed E-state index contributed by atoms with van der Waals surface area (Å²) in [4.78, 5) is 14.4. The minimum absolute atomic E-state index is 0.0648. The summed E-state index contributed by atoms with van der Waals surface area (Å²) < 4.78 is 5.12. The zero-order valence-corrected chi connectivity index (χ0v) is 12.9. The molecule has 0 aliphatic carbocycles. The first-order valence-corrected chi connectivity index (χ1v) is 6.85. The Labute approximate surface area is 125 Å². The predicted molar refractivity (Wildman–Crippen MR) is 85.3 cm³/mol. The molecule has 0 heterocycles. The highest BCUT2D eigenvalue weighted by atomic mass is 32.1. The number of methoxy groups -OCH3 is 1. The number of hydrogen-bond acceptors (Lipinski definition) is 3. The molecule has 1 rings (SSSR count). The van der Waals surface area contributed by atoms with Crippen molar-refractivity contribution < 1.29 is 9.53 Å². The highest BCUT2D eigenvalue weighted by molar-refractivity contribution is 7.80. The van der Waals surface area contributed by atoms with E-state index >= 15 is 0 Å². The van der Waals surface area contributed by atoms with E-state index in [1.165, 1.54) is 0 Å². The number of nitrogens with one attached hydrogen (secondary N) is 1. The molecule has 0 aromatic heterocycles. The number of benzene rings is 1. The number of carbonyl (C=O) groups is 1. The van der Waals surface area contributed by atoms with E-state index in [-0.39, 0.29) is 12.1 Å². The zero-order chi connectivity index (χ0) is 15.1. The second-order valence-corrected chi connectivity index (χ2v) is 5.19. The number of urea groups is 1. The predicted octanol–water partition coefficient (Wildman–Crippen LogP) is 2.61. The molecule has 0 bridgehead atoms. The van der Waals surface area contributed by atoms with Crippen LogP contribution in [0.4, 0.5) is 10.5 Å². The lowest BCUT2D eigenvalue weighted by molar-refractivity contribution is 0.199. The minimum Gasteiger partial charge on any atom is -0.497 e. The first-order valence-electron chi connectivity index (χ1n) is 6.44. The third-order valence-corrected chi connectivity index (χ3v) is 3.01. The smallest absolute Gasteiger partial charge is 0.322 e. The topological polar surface area (TPSA) is 67.6 Å². The van der Waals surface area contributed by atoms with Gasteiger partial charge in [0, 0.05) is 30.8 Å². The fourth-order valence-electron chi connectivity index (χ4n) is 1.72. The van der Waals surface area contributed by atoms with Crippen LogP contribution in [0.5, 0.6) is 5.75 Å². The van der Waals surface area contributed by atoms with Crippen LogP contribution in [0.1, 0.15) is 20.3 Å². The fraction of sp³-hybridized carbons (Fsp3) is 0.429. The average Bonchev–Trinajstić information content (AvgIpc) is 2.38. The molecule has 6 heteroatoms. The summed E-state index contributed by atoms with van der Waals surface area (Å²) in [5.74, 6) is 0.696. The van der Waals surface area contributed by atoms with Crippen LogP contribution in [0.25, 0.3) is 0 Å². The van der Waals surface area contributed by atoms with Crippen molar-refractivity contribution in [2.45, 2.75) is 26.3 Å². The maximum absolute atomic E-state index is 12.3. The van der Waals surface area contributed by atoms with Gasteiger partial charge in [0.1, 0.15) is 5.75 Å². The van der Waals surface area contributed by atoms with Gasteiger partial charge >= 0.3 is 6.03 Å². The molecule has 0 unspecified atom stereocenters. The Hall–Kier alpha value is -1.82. The van der Waals surface area contributed by atoms with E-state index in [1.54, 1.807) is 18.1 Å². The van der Waals surface area contributed by atoms with Crippen molar-refractivity contribution in [3.63, 3.8) is 0 Å². The van der Waals surface area contributed by atoms with Crippen molar-refractivity contribution in [2.24, 2.45) is 5.73 Å². The van der Waals surface area contributed by atoms with Gasteiger partial charge in [-0.1, -0.05) is 18.3 Å². The molecule has 0 atom stereocenters. The van der Waals surface area contributed by atoms with Crippen molar-refractivity contribution in [2.75, 3.05) is 19.0 Å². The Morgan fingerprint density at radius 3 is 2.75 bits per heavy atom. The normalized spacial score (nSPS) is 10.2. The lowest BCUT2D eigenvalue weighted by atomic mass is 10.3. The quantitative estimate of drug-likeness (QED) is 0.792. The van der Waals surface area contributed by atoms with Crippen LogP contribution in [0, 0.1) is 0 Å². The Balaban J connectivity index is 2.72. The summed E-state index contributed by atoms with van der Waals surface area (Å²) in [6, 6.07) is 7.11. The summed E-state index contributed by atoms with van der Waals surface area (Å²) in [5, 5.41) is 2.84. The molecule has 2 amide bonds. The maximum Gasteiger partial charge on any atom is 0.322 e. The van der Waals surface area contributed by atoms with Gasteiger partial charge in [-0.3, -0.25) is 0 Å². The number of hydrogen-bond donors (Lipinski definition) is 2. The van der Waals surface area contributed by atoms with Gasteiger partial charge < -0.3 is 20.7 Å². The van der Waals surface area contributed by atoms with Crippen LogP contribution < -0.4 is 15.8 Å². The molecule has 0 radical (unpaired) electrons. The molecule has 0 saturated carbocycles. The molecule has 0 spiro atoms. The molecular formula is C14H21N3O2S. The SMILES string of the molecule is COc1cccc(NC(=O)N(CCC(N)=S)C(C)C)c1. The van der Waals surface area contributed by atoms with E-state index in [0.717, 1.165) is 0 Å². The number of nitrogens with two attached hydrogens (primary N) is 1. The summed E-state index contributed by atoms with van der Waals surface area (Å²) in [7, 11) is 1.59. The highest BCUT2D eigenvalue weighted by Crippen LogP contribution is 2.17. The number of thiocarbonyl (C=S) groups is 1. The Bertz CT molecular complexity index is 477. The van der Waals surface area contributed by atoms with Crippen LogP contribution >= 0.6 is 12.2 Å². The van der Waals surface area contributed by atoms with Gasteiger partial charge in [-0.05, 0) is 26.0 Å². The molecule has 20 heavy (non-hydrogen) atoms. The number of anilines is 1. The molecular weight excluding hydrogens is 274 g/mol.